The molecule has 1 aliphatic rings. The first-order valence-electron chi connectivity index (χ1n) is 5.93. The van der Waals surface area contributed by atoms with E-state index in [4.69, 9.17) is 16.3 Å². The highest BCUT2D eigenvalue weighted by Gasteiger charge is 2.32. The predicted molar refractivity (Wildman–Crippen MR) is 78.7 cm³/mol. The summed E-state index contributed by atoms with van der Waals surface area (Å²) in [6.07, 6.45) is 6.16. The Bertz CT molecular complexity index is 476. The van der Waals surface area contributed by atoms with Crippen LogP contribution in [0.1, 0.15) is 18.7 Å². The molecule has 0 amide bonds. The fourth-order valence-corrected chi connectivity index (χ4v) is 3.33. The SMILES string of the molecule is COc1ccsc1CNC1C(C)=CC=CC1(C)Cl. The minimum absolute atomic E-state index is 0.149. The van der Waals surface area contributed by atoms with Crippen molar-refractivity contribution in [3.05, 3.63) is 40.1 Å². The van der Waals surface area contributed by atoms with Crippen molar-refractivity contribution in [3.8, 4) is 5.75 Å². The summed E-state index contributed by atoms with van der Waals surface area (Å²) in [7, 11) is 1.70. The average molecular weight is 284 g/mol. The fraction of sp³-hybridized carbons (Fsp3) is 0.429. The number of alkyl halides is 1. The number of hydrogen-bond acceptors (Lipinski definition) is 3. The molecule has 1 aliphatic carbocycles. The van der Waals surface area contributed by atoms with Crippen molar-refractivity contribution in [2.24, 2.45) is 0 Å². The molecule has 1 aromatic rings. The van der Waals surface area contributed by atoms with Crippen molar-refractivity contribution in [2.45, 2.75) is 31.3 Å². The van der Waals surface area contributed by atoms with E-state index in [0.29, 0.717) is 0 Å². The summed E-state index contributed by atoms with van der Waals surface area (Å²) in [4.78, 5) is 0.830. The van der Waals surface area contributed by atoms with Crippen molar-refractivity contribution < 1.29 is 4.74 Å². The van der Waals surface area contributed by atoms with Crippen LogP contribution < -0.4 is 10.1 Å². The summed E-state index contributed by atoms with van der Waals surface area (Å²) in [6, 6.07) is 2.14. The number of nitrogens with one attached hydrogen (secondary N) is 1. The normalized spacial score (nSPS) is 27.1. The molecule has 1 N–H and O–H groups in total. The van der Waals surface area contributed by atoms with Crippen LogP contribution in [0, 0.1) is 0 Å². The van der Waals surface area contributed by atoms with Gasteiger partial charge in [-0.25, -0.2) is 0 Å². The largest absolute Gasteiger partial charge is 0.496 e. The second kappa shape index (κ2) is 5.47. The maximum Gasteiger partial charge on any atom is 0.134 e. The lowest BCUT2D eigenvalue weighted by Gasteiger charge is -2.33. The Morgan fingerprint density at radius 3 is 3.00 bits per heavy atom. The molecule has 2 atom stereocenters. The molecule has 0 saturated heterocycles. The van der Waals surface area contributed by atoms with Gasteiger partial charge in [0.1, 0.15) is 5.75 Å². The van der Waals surface area contributed by atoms with Gasteiger partial charge in [0.15, 0.2) is 0 Å². The molecule has 0 fully saturated rings. The van der Waals surface area contributed by atoms with Crippen molar-refractivity contribution in [3.63, 3.8) is 0 Å². The number of thiophene rings is 1. The highest BCUT2D eigenvalue weighted by molar-refractivity contribution is 7.10. The third-order valence-electron chi connectivity index (χ3n) is 3.19. The molecule has 18 heavy (non-hydrogen) atoms. The molecule has 0 radical (unpaired) electrons. The molecule has 2 nitrogen and oxygen atoms in total. The van der Waals surface area contributed by atoms with Crippen LogP contribution in [-0.2, 0) is 6.54 Å². The van der Waals surface area contributed by atoms with Gasteiger partial charge in [-0.3, -0.25) is 0 Å². The van der Waals surface area contributed by atoms with Crippen LogP contribution in [0.2, 0.25) is 0 Å². The summed E-state index contributed by atoms with van der Waals surface area (Å²) >= 11 is 8.22. The number of methoxy groups -OCH3 is 1. The molecule has 0 spiro atoms. The predicted octanol–water partition coefficient (Wildman–Crippen LogP) is 3.73. The van der Waals surface area contributed by atoms with Crippen LogP contribution in [0.15, 0.2) is 35.2 Å². The lowest BCUT2D eigenvalue weighted by molar-refractivity contribution is 0.407. The zero-order valence-electron chi connectivity index (χ0n) is 10.9. The lowest BCUT2D eigenvalue weighted by atomic mass is 9.90. The Labute approximate surface area is 117 Å². The molecule has 4 heteroatoms. The van der Waals surface area contributed by atoms with E-state index < -0.39 is 0 Å². The summed E-state index contributed by atoms with van der Waals surface area (Å²) in [5.74, 6) is 0.941. The summed E-state index contributed by atoms with van der Waals surface area (Å²) in [6.45, 7) is 4.91. The molecule has 0 aliphatic heterocycles. The standard InChI is InChI=1S/C14H18ClNOS/c1-10-5-4-7-14(2,15)13(10)16-9-12-11(17-3)6-8-18-12/h4-8,13,16H,9H2,1-3H3. The van der Waals surface area contributed by atoms with Gasteiger partial charge >= 0.3 is 0 Å². The smallest absolute Gasteiger partial charge is 0.134 e. The monoisotopic (exact) mass is 283 g/mol. The first kappa shape index (κ1) is 13.7. The van der Waals surface area contributed by atoms with E-state index in [0.717, 1.165) is 12.3 Å². The number of rotatable bonds is 4. The van der Waals surface area contributed by atoms with Crippen LogP contribution in [0.5, 0.6) is 5.75 Å². The molecule has 0 saturated carbocycles. The van der Waals surface area contributed by atoms with Gasteiger partial charge in [0.2, 0.25) is 0 Å². The minimum Gasteiger partial charge on any atom is -0.496 e. The van der Waals surface area contributed by atoms with Gasteiger partial charge in [0.05, 0.1) is 22.9 Å². The Morgan fingerprint density at radius 1 is 1.56 bits per heavy atom. The maximum absolute atomic E-state index is 6.53. The van der Waals surface area contributed by atoms with Gasteiger partial charge in [-0.05, 0) is 25.3 Å². The van der Waals surface area contributed by atoms with Crippen molar-refractivity contribution in [1.29, 1.82) is 0 Å². The van der Waals surface area contributed by atoms with Crippen molar-refractivity contribution in [2.75, 3.05) is 7.11 Å². The van der Waals surface area contributed by atoms with E-state index in [1.165, 1.54) is 10.5 Å². The van der Waals surface area contributed by atoms with E-state index >= 15 is 0 Å². The van der Waals surface area contributed by atoms with Gasteiger partial charge in [-0.2, -0.15) is 0 Å². The zero-order valence-corrected chi connectivity index (χ0v) is 12.4. The highest BCUT2D eigenvalue weighted by atomic mass is 35.5. The zero-order chi connectivity index (χ0) is 13.2. The quantitative estimate of drug-likeness (QED) is 0.850. The third-order valence-corrected chi connectivity index (χ3v) is 4.44. The molecule has 0 aromatic carbocycles. The lowest BCUT2D eigenvalue weighted by Crippen LogP contribution is -2.45. The van der Waals surface area contributed by atoms with E-state index in [1.807, 2.05) is 30.5 Å². The van der Waals surface area contributed by atoms with Gasteiger partial charge in [-0.15, -0.1) is 22.9 Å². The summed E-state index contributed by atoms with van der Waals surface area (Å²) in [5.41, 5.74) is 1.26. The summed E-state index contributed by atoms with van der Waals surface area (Å²) < 4.78 is 5.31. The molecular formula is C14H18ClNOS. The first-order chi connectivity index (χ1) is 8.54. The topological polar surface area (TPSA) is 21.3 Å². The van der Waals surface area contributed by atoms with Gasteiger partial charge in [0.25, 0.3) is 0 Å². The molecule has 98 valence electrons. The van der Waals surface area contributed by atoms with Crippen LogP contribution >= 0.6 is 22.9 Å². The van der Waals surface area contributed by atoms with E-state index in [2.05, 4.69) is 18.3 Å². The van der Waals surface area contributed by atoms with Crippen molar-refractivity contribution >= 4 is 22.9 Å². The Kier molecular flexibility index (Phi) is 4.15. The van der Waals surface area contributed by atoms with Gasteiger partial charge in [0, 0.05) is 6.54 Å². The van der Waals surface area contributed by atoms with Gasteiger partial charge < -0.3 is 10.1 Å². The van der Waals surface area contributed by atoms with Crippen LogP contribution in [0.4, 0.5) is 0 Å². The Morgan fingerprint density at radius 2 is 2.33 bits per heavy atom. The number of halogens is 1. The van der Waals surface area contributed by atoms with Crippen molar-refractivity contribution in [1.82, 2.24) is 5.32 Å². The molecule has 1 aromatic heterocycles. The number of hydrogen-bond donors (Lipinski definition) is 1. The second-order valence-electron chi connectivity index (χ2n) is 4.65. The number of allylic oxidation sites excluding steroid dienone is 2. The fourth-order valence-electron chi connectivity index (χ4n) is 2.22. The summed E-state index contributed by atoms with van der Waals surface area (Å²) in [5, 5.41) is 5.56. The van der Waals surface area contributed by atoms with Crippen LogP contribution in [-0.4, -0.2) is 18.0 Å². The molecule has 1 heterocycles. The first-order valence-corrected chi connectivity index (χ1v) is 7.19. The highest BCUT2D eigenvalue weighted by Crippen LogP contribution is 2.31. The average Bonchev–Trinajstić information content (AvgIpc) is 2.75. The minimum atomic E-state index is -0.372. The van der Waals surface area contributed by atoms with E-state index in [-0.39, 0.29) is 10.9 Å². The molecule has 0 bridgehead atoms. The van der Waals surface area contributed by atoms with Crippen LogP contribution in [0.25, 0.3) is 0 Å². The Hall–Kier alpha value is -0.770. The van der Waals surface area contributed by atoms with Crippen LogP contribution in [0.3, 0.4) is 0 Å². The third kappa shape index (κ3) is 2.79. The maximum atomic E-state index is 6.53. The van der Waals surface area contributed by atoms with E-state index in [1.54, 1.807) is 18.4 Å². The molecular weight excluding hydrogens is 266 g/mol. The molecule has 2 unspecified atom stereocenters. The van der Waals surface area contributed by atoms with Gasteiger partial charge in [-0.1, -0.05) is 23.8 Å². The number of ether oxygens (including phenoxy) is 1. The second-order valence-corrected chi connectivity index (χ2v) is 6.46. The Balaban J connectivity index is 2.06. The van der Waals surface area contributed by atoms with E-state index in [9.17, 15) is 0 Å². The molecule has 2 rings (SSSR count).